The zero-order chi connectivity index (χ0) is 15.6. The van der Waals surface area contributed by atoms with E-state index in [1.54, 1.807) is 0 Å². The Morgan fingerprint density at radius 1 is 1.29 bits per heavy atom. The van der Waals surface area contributed by atoms with Gasteiger partial charge < -0.3 is 15.5 Å². The smallest absolute Gasteiger partial charge is 0.246 e. The molecule has 1 aromatic carbocycles. The Hall–Kier alpha value is -1.55. The van der Waals surface area contributed by atoms with E-state index in [1.807, 2.05) is 6.92 Å². The second kappa shape index (κ2) is 6.48. The van der Waals surface area contributed by atoms with Gasteiger partial charge in [-0.15, -0.1) is 0 Å². The molecule has 4 heteroatoms. The number of rotatable bonds is 6. The van der Waals surface area contributed by atoms with Crippen LogP contribution in [0.4, 0.5) is 11.4 Å². The van der Waals surface area contributed by atoms with Crippen LogP contribution in [0.2, 0.25) is 0 Å². The van der Waals surface area contributed by atoms with Crippen molar-refractivity contribution < 1.29 is 4.79 Å². The molecule has 2 N–H and O–H groups in total. The number of carbonyl (C=O) groups excluding carboxylic acids is 1. The van der Waals surface area contributed by atoms with E-state index in [-0.39, 0.29) is 11.9 Å². The molecule has 0 saturated heterocycles. The normalized spacial score (nSPS) is 17.3. The van der Waals surface area contributed by atoms with Crippen LogP contribution in [0.5, 0.6) is 0 Å². The molecule has 0 saturated carbocycles. The highest BCUT2D eigenvalue weighted by Crippen LogP contribution is 2.34. The summed E-state index contributed by atoms with van der Waals surface area (Å²) >= 11 is 0. The molecule has 1 aliphatic rings. The number of nitrogens with one attached hydrogen (secondary N) is 2. The zero-order valence-electron chi connectivity index (χ0n) is 13.7. The van der Waals surface area contributed by atoms with E-state index in [9.17, 15) is 4.79 Å². The van der Waals surface area contributed by atoms with Gasteiger partial charge in [0, 0.05) is 29.5 Å². The summed E-state index contributed by atoms with van der Waals surface area (Å²) < 4.78 is 0. The lowest BCUT2D eigenvalue weighted by Crippen LogP contribution is -2.34. The molecule has 0 bridgehead atoms. The minimum Gasteiger partial charge on any atom is -0.369 e. The number of hydrogen-bond acceptors (Lipinski definition) is 3. The molecule has 1 aromatic rings. The first-order valence-electron chi connectivity index (χ1n) is 7.88. The van der Waals surface area contributed by atoms with Crippen molar-refractivity contribution in [1.82, 2.24) is 5.32 Å². The summed E-state index contributed by atoms with van der Waals surface area (Å²) in [7, 11) is 0. The molecular formula is C17H27N3O. The summed E-state index contributed by atoms with van der Waals surface area (Å²) in [5.74, 6) is 0.647. The van der Waals surface area contributed by atoms with Crippen molar-refractivity contribution >= 4 is 17.3 Å². The minimum atomic E-state index is -0.211. The Morgan fingerprint density at radius 2 is 2.00 bits per heavy atom. The quantitative estimate of drug-likeness (QED) is 0.845. The number of hydrogen-bond donors (Lipinski definition) is 2. The van der Waals surface area contributed by atoms with Gasteiger partial charge in [-0.1, -0.05) is 26.8 Å². The van der Waals surface area contributed by atoms with Crippen molar-refractivity contribution in [3.63, 3.8) is 0 Å². The van der Waals surface area contributed by atoms with Crippen LogP contribution in [0.1, 0.15) is 46.2 Å². The summed E-state index contributed by atoms with van der Waals surface area (Å²) in [5.41, 5.74) is 3.17. The Labute approximate surface area is 127 Å². The topological polar surface area (TPSA) is 44.4 Å². The highest BCUT2D eigenvalue weighted by Gasteiger charge is 2.30. The van der Waals surface area contributed by atoms with E-state index in [0.29, 0.717) is 12.0 Å². The van der Waals surface area contributed by atoms with E-state index in [2.05, 4.69) is 61.4 Å². The second-order valence-electron chi connectivity index (χ2n) is 6.39. The summed E-state index contributed by atoms with van der Waals surface area (Å²) in [6.45, 7) is 12.7. The summed E-state index contributed by atoms with van der Waals surface area (Å²) in [6.07, 6.45) is 0. The van der Waals surface area contributed by atoms with Crippen LogP contribution in [-0.2, 0) is 4.79 Å². The molecular weight excluding hydrogens is 262 g/mol. The van der Waals surface area contributed by atoms with Crippen LogP contribution in [0.25, 0.3) is 0 Å². The van der Waals surface area contributed by atoms with Crippen molar-refractivity contribution in [1.29, 1.82) is 0 Å². The lowest BCUT2D eigenvalue weighted by Gasteiger charge is -2.31. The van der Waals surface area contributed by atoms with Crippen LogP contribution in [0.3, 0.4) is 0 Å². The van der Waals surface area contributed by atoms with Gasteiger partial charge in [0.05, 0.1) is 0 Å². The highest BCUT2D eigenvalue weighted by molar-refractivity contribution is 6.03. The standard InChI is InChI=1S/C17H27N3O/c1-6-18-16-14-8-7-13(9-15(14)19-17(16)21)20(12(4)5)10-11(2)3/h7-9,11-12,16,18H,6,10H2,1-5H3,(H,19,21). The van der Waals surface area contributed by atoms with Gasteiger partial charge in [0.25, 0.3) is 0 Å². The van der Waals surface area contributed by atoms with Crippen LogP contribution < -0.4 is 15.5 Å². The van der Waals surface area contributed by atoms with Gasteiger partial charge in [-0.2, -0.15) is 0 Å². The molecule has 2 rings (SSSR count). The van der Waals surface area contributed by atoms with E-state index in [0.717, 1.165) is 24.3 Å². The van der Waals surface area contributed by atoms with Gasteiger partial charge in [0.2, 0.25) is 5.91 Å². The predicted octanol–water partition coefficient (Wildman–Crippen LogP) is 3.16. The maximum Gasteiger partial charge on any atom is 0.246 e. The molecule has 0 spiro atoms. The van der Waals surface area contributed by atoms with Crippen molar-refractivity contribution in [3.8, 4) is 0 Å². The molecule has 0 radical (unpaired) electrons. The minimum absolute atomic E-state index is 0.0453. The largest absolute Gasteiger partial charge is 0.369 e. The molecule has 4 nitrogen and oxygen atoms in total. The Balaban J connectivity index is 2.29. The van der Waals surface area contributed by atoms with Gasteiger partial charge in [0.1, 0.15) is 6.04 Å². The molecule has 0 aromatic heterocycles. The molecule has 116 valence electrons. The number of likely N-dealkylation sites (N-methyl/N-ethyl adjacent to an activating group) is 1. The molecule has 1 amide bonds. The maximum absolute atomic E-state index is 12.0. The molecule has 0 fully saturated rings. The first kappa shape index (κ1) is 15.8. The summed E-state index contributed by atoms with van der Waals surface area (Å²) in [4.78, 5) is 14.4. The third-order valence-corrected chi connectivity index (χ3v) is 3.79. The van der Waals surface area contributed by atoms with E-state index >= 15 is 0 Å². The van der Waals surface area contributed by atoms with Crippen molar-refractivity contribution in [2.75, 3.05) is 23.3 Å². The second-order valence-corrected chi connectivity index (χ2v) is 6.39. The van der Waals surface area contributed by atoms with Gasteiger partial charge >= 0.3 is 0 Å². The summed E-state index contributed by atoms with van der Waals surface area (Å²) in [6, 6.07) is 6.54. The van der Waals surface area contributed by atoms with Gasteiger partial charge in [-0.25, -0.2) is 0 Å². The Morgan fingerprint density at radius 3 is 2.57 bits per heavy atom. The number of carbonyl (C=O) groups is 1. The third-order valence-electron chi connectivity index (χ3n) is 3.79. The fourth-order valence-electron chi connectivity index (χ4n) is 2.84. The molecule has 1 atom stereocenters. The van der Waals surface area contributed by atoms with Gasteiger partial charge in [-0.3, -0.25) is 4.79 Å². The van der Waals surface area contributed by atoms with Crippen LogP contribution >= 0.6 is 0 Å². The van der Waals surface area contributed by atoms with Crippen molar-refractivity contribution in [2.24, 2.45) is 5.92 Å². The Bertz CT molecular complexity index is 511. The molecule has 21 heavy (non-hydrogen) atoms. The molecule has 1 aliphatic heterocycles. The predicted molar refractivity (Wildman–Crippen MR) is 88.8 cm³/mol. The SMILES string of the molecule is CCNC1C(=O)Nc2cc(N(CC(C)C)C(C)C)ccc21. The number of anilines is 2. The molecule has 0 aliphatic carbocycles. The summed E-state index contributed by atoms with van der Waals surface area (Å²) in [5, 5.41) is 6.22. The fourth-order valence-corrected chi connectivity index (χ4v) is 2.84. The third kappa shape index (κ3) is 3.38. The fraction of sp³-hybridized carbons (Fsp3) is 0.588. The molecule has 1 heterocycles. The maximum atomic E-state index is 12.0. The number of amides is 1. The average Bonchev–Trinajstić information content (AvgIpc) is 2.71. The number of benzene rings is 1. The van der Waals surface area contributed by atoms with Crippen molar-refractivity contribution in [3.05, 3.63) is 23.8 Å². The van der Waals surface area contributed by atoms with E-state index < -0.39 is 0 Å². The lowest BCUT2D eigenvalue weighted by atomic mass is 10.1. The average molecular weight is 289 g/mol. The highest BCUT2D eigenvalue weighted by atomic mass is 16.2. The van der Waals surface area contributed by atoms with Crippen molar-refractivity contribution in [2.45, 2.75) is 46.7 Å². The van der Waals surface area contributed by atoms with E-state index in [4.69, 9.17) is 0 Å². The first-order valence-corrected chi connectivity index (χ1v) is 7.88. The van der Waals surface area contributed by atoms with Gasteiger partial charge in [0.15, 0.2) is 0 Å². The first-order chi connectivity index (χ1) is 9.93. The van der Waals surface area contributed by atoms with E-state index in [1.165, 1.54) is 5.69 Å². The van der Waals surface area contributed by atoms with Gasteiger partial charge in [-0.05, 0) is 38.4 Å². The molecule has 1 unspecified atom stereocenters. The van der Waals surface area contributed by atoms with Crippen LogP contribution in [-0.4, -0.2) is 25.0 Å². The number of fused-ring (bicyclic) bond motifs is 1. The zero-order valence-corrected chi connectivity index (χ0v) is 13.7. The van der Waals surface area contributed by atoms with Crippen LogP contribution in [0, 0.1) is 5.92 Å². The lowest BCUT2D eigenvalue weighted by molar-refractivity contribution is -0.117. The number of nitrogens with zero attached hydrogens (tertiary/aromatic N) is 1. The van der Waals surface area contributed by atoms with Crippen LogP contribution in [0.15, 0.2) is 18.2 Å². The monoisotopic (exact) mass is 289 g/mol. The Kier molecular flexibility index (Phi) is 4.88.